The molecule has 1 rings (SSSR count). The Bertz CT molecular complexity index is 258. The van der Waals surface area contributed by atoms with Gasteiger partial charge in [0.25, 0.3) is 0 Å². The fourth-order valence-corrected chi connectivity index (χ4v) is 2.88. The van der Waals surface area contributed by atoms with Gasteiger partial charge in [-0.05, 0) is 25.8 Å². The van der Waals surface area contributed by atoms with Gasteiger partial charge in [-0.2, -0.15) is 0 Å². The normalized spacial score (nSPS) is 16.9. The third-order valence-electron chi connectivity index (χ3n) is 4.26. The highest BCUT2D eigenvalue weighted by Gasteiger charge is 2.23. The number of unbranched alkanes of at least 4 members (excludes halogenated alkanes) is 5. The molecule has 0 aromatic carbocycles. The van der Waals surface area contributed by atoms with Crippen LogP contribution in [0.25, 0.3) is 0 Å². The summed E-state index contributed by atoms with van der Waals surface area (Å²) in [5.41, 5.74) is 0. The van der Waals surface area contributed by atoms with E-state index in [1.54, 1.807) is 0 Å². The first kappa shape index (κ1) is 17.5. The lowest BCUT2D eigenvalue weighted by atomic mass is 10.0. The van der Waals surface area contributed by atoms with E-state index in [9.17, 15) is 4.79 Å². The third-order valence-corrected chi connectivity index (χ3v) is 4.26. The average molecular weight is 282 g/mol. The summed E-state index contributed by atoms with van der Waals surface area (Å²) in [6, 6.07) is 0.627. The van der Waals surface area contributed by atoms with E-state index in [1.807, 2.05) is 18.7 Å². The number of carbonyl (C=O) groups excluding carboxylic acids is 1. The summed E-state index contributed by atoms with van der Waals surface area (Å²) in [7, 11) is 0. The molecule has 0 atom stereocenters. The monoisotopic (exact) mass is 282 g/mol. The van der Waals surface area contributed by atoms with Crippen molar-refractivity contribution in [3.8, 4) is 0 Å². The van der Waals surface area contributed by atoms with Gasteiger partial charge >= 0.3 is 0 Å². The van der Waals surface area contributed by atoms with Crippen molar-refractivity contribution in [3.63, 3.8) is 0 Å². The molecular weight excluding hydrogens is 248 g/mol. The topological polar surface area (TPSA) is 32.3 Å². The Hall–Kier alpha value is -0.570. The molecule has 0 bridgehead atoms. The standard InChI is InChI=1S/C17H34N2O/c1-4-5-6-7-8-9-12-18-16-10-13-19(14-11-16)17(20)15(2)3/h15-16,18H,4-14H2,1-3H3. The maximum atomic E-state index is 11.9. The Morgan fingerprint density at radius 3 is 2.30 bits per heavy atom. The molecule has 1 aliphatic heterocycles. The van der Waals surface area contributed by atoms with Crippen molar-refractivity contribution < 1.29 is 4.79 Å². The van der Waals surface area contributed by atoms with Crippen molar-refractivity contribution in [2.24, 2.45) is 5.92 Å². The lowest BCUT2D eigenvalue weighted by Gasteiger charge is -2.33. The fourth-order valence-electron chi connectivity index (χ4n) is 2.88. The summed E-state index contributed by atoms with van der Waals surface area (Å²) in [6.45, 7) is 9.26. The summed E-state index contributed by atoms with van der Waals surface area (Å²) in [5.74, 6) is 0.460. The predicted molar refractivity (Wildman–Crippen MR) is 85.8 cm³/mol. The van der Waals surface area contributed by atoms with Crippen LogP contribution in [-0.2, 0) is 4.79 Å². The van der Waals surface area contributed by atoms with Gasteiger partial charge in [0.05, 0.1) is 0 Å². The zero-order chi connectivity index (χ0) is 14.8. The summed E-state index contributed by atoms with van der Waals surface area (Å²) in [5, 5.41) is 3.66. The lowest BCUT2D eigenvalue weighted by Crippen LogP contribution is -2.46. The molecular formula is C17H34N2O. The molecule has 1 fully saturated rings. The van der Waals surface area contributed by atoms with E-state index in [0.717, 1.165) is 32.5 Å². The van der Waals surface area contributed by atoms with Crippen LogP contribution in [0.2, 0.25) is 0 Å². The number of hydrogen-bond acceptors (Lipinski definition) is 2. The van der Waals surface area contributed by atoms with Crippen LogP contribution in [0.1, 0.15) is 72.1 Å². The Labute approximate surface area is 125 Å². The zero-order valence-electron chi connectivity index (χ0n) is 13.8. The van der Waals surface area contributed by atoms with Gasteiger partial charge < -0.3 is 10.2 Å². The SMILES string of the molecule is CCCCCCCCNC1CCN(C(=O)C(C)C)CC1. The highest BCUT2D eigenvalue weighted by molar-refractivity contribution is 5.78. The Morgan fingerprint density at radius 1 is 1.10 bits per heavy atom. The largest absolute Gasteiger partial charge is 0.342 e. The van der Waals surface area contributed by atoms with Crippen LogP contribution >= 0.6 is 0 Å². The Kier molecular flexibility index (Phi) is 8.92. The minimum Gasteiger partial charge on any atom is -0.342 e. The molecule has 0 aromatic heterocycles. The molecule has 0 spiro atoms. The minimum absolute atomic E-state index is 0.141. The highest BCUT2D eigenvalue weighted by Crippen LogP contribution is 2.13. The lowest BCUT2D eigenvalue weighted by molar-refractivity contribution is -0.135. The number of likely N-dealkylation sites (tertiary alicyclic amines) is 1. The summed E-state index contributed by atoms with van der Waals surface area (Å²) >= 11 is 0. The number of hydrogen-bond donors (Lipinski definition) is 1. The molecule has 118 valence electrons. The van der Waals surface area contributed by atoms with Crippen molar-refractivity contribution >= 4 is 5.91 Å². The van der Waals surface area contributed by atoms with Crippen LogP contribution in [0.5, 0.6) is 0 Å². The highest BCUT2D eigenvalue weighted by atomic mass is 16.2. The van der Waals surface area contributed by atoms with Crippen LogP contribution in [0.3, 0.4) is 0 Å². The van der Waals surface area contributed by atoms with E-state index in [0.29, 0.717) is 11.9 Å². The minimum atomic E-state index is 0.141. The van der Waals surface area contributed by atoms with Crippen molar-refractivity contribution in [1.82, 2.24) is 10.2 Å². The fraction of sp³-hybridized carbons (Fsp3) is 0.941. The van der Waals surface area contributed by atoms with E-state index in [1.165, 1.54) is 38.5 Å². The summed E-state index contributed by atoms with van der Waals surface area (Å²) < 4.78 is 0. The Balaban J connectivity index is 2.01. The number of carbonyl (C=O) groups is 1. The first-order valence-electron chi connectivity index (χ1n) is 8.67. The van der Waals surface area contributed by atoms with E-state index in [4.69, 9.17) is 0 Å². The maximum absolute atomic E-state index is 11.9. The summed E-state index contributed by atoms with van der Waals surface area (Å²) in [4.78, 5) is 13.9. The second kappa shape index (κ2) is 10.2. The molecule has 0 unspecified atom stereocenters. The first-order chi connectivity index (χ1) is 9.65. The zero-order valence-corrected chi connectivity index (χ0v) is 13.8. The maximum Gasteiger partial charge on any atom is 0.225 e. The second-order valence-corrected chi connectivity index (χ2v) is 6.48. The molecule has 20 heavy (non-hydrogen) atoms. The molecule has 1 N–H and O–H groups in total. The van der Waals surface area contributed by atoms with Gasteiger partial charge in [-0.15, -0.1) is 0 Å². The molecule has 1 aliphatic rings. The van der Waals surface area contributed by atoms with Gasteiger partial charge in [-0.1, -0.05) is 52.9 Å². The van der Waals surface area contributed by atoms with Crippen LogP contribution in [-0.4, -0.2) is 36.5 Å². The van der Waals surface area contributed by atoms with Crippen molar-refractivity contribution in [2.75, 3.05) is 19.6 Å². The molecule has 1 saturated heterocycles. The van der Waals surface area contributed by atoms with Gasteiger partial charge in [0, 0.05) is 25.0 Å². The van der Waals surface area contributed by atoms with Gasteiger partial charge in [0.2, 0.25) is 5.91 Å². The number of nitrogens with zero attached hydrogens (tertiary/aromatic N) is 1. The van der Waals surface area contributed by atoms with Crippen LogP contribution in [0, 0.1) is 5.92 Å². The van der Waals surface area contributed by atoms with Crippen LogP contribution in [0.15, 0.2) is 0 Å². The molecule has 0 aromatic rings. The number of piperidine rings is 1. The molecule has 1 amide bonds. The first-order valence-corrected chi connectivity index (χ1v) is 8.67. The summed E-state index contributed by atoms with van der Waals surface area (Å²) in [6.07, 6.45) is 10.4. The van der Waals surface area contributed by atoms with Gasteiger partial charge in [0.15, 0.2) is 0 Å². The van der Waals surface area contributed by atoms with Gasteiger partial charge in [-0.25, -0.2) is 0 Å². The van der Waals surface area contributed by atoms with Crippen LogP contribution in [0.4, 0.5) is 0 Å². The molecule has 0 saturated carbocycles. The predicted octanol–water partition coefficient (Wildman–Crippen LogP) is 3.58. The van der Waals surface area contributed by atoms with E-state index in [-0.39, 0.29) is 5.92 Å². The number of rotatable bonds is 9. The average Bonchev–Trinajstić information content (AvgIpc) is 2.46. The number of nitrogens with one attached hydrogen (secondary N) is 1. The molecule has 0 aliphatic carbocycles. The van der Waals surface area contributed by atoms with Crippen LogP contribution < -0.4 is 5.32 Å². The van der Waals surface area contributed by atoms with Crippen molar-refractivity contribution in [3.05, 3.63) is 0 Å². The van der Waals surface area contributed by atoms with E-state index >= 15 is 0 Å². The molecule has 1 heterocycles. The molecule has 3 nitrogen and oxygen atoms in total. The molecule has 3 heteroatoms. The second-order valence-electron chi connectivity index (χ2n) is 6.48. The number of amides is 1. The van der Waals surface area contributed by atoms with E-state index in [2.05, 4.69) is 12.2 Å². The van der Waals surface area contributed by atoms with Gasteiger partial charge in [-0.3, -0.25) is 4.79 Å². The smallest absolute Gasteiger partial charge is 0.225 e. The quantitative estimate of drug-likeness (QED) is 0.656. The van der Waals surface area contributed by atoms with E-state index < -0.39 is 0 Å². The van der Waals surface area contributed by atoms with Crippen molar-refractivity contribution in [2.45, 2.75) is 78.2 Å². The van der Waals surface area contributed by atoms with Gasteiger partial charge in [0.1, 0.15) is 0 Å². The molecule has 0 radical (unpaired) electrons. The third kappa shape index (κ3) is 6.74. The Morgan fingerprint density at radius 2 is 1.70 bits per heavy atom. The van der Waals surface area contributed by atoms with Crippen molar-refractivity contribution in [1.29, 1.82) is 0 Å².